The molecule has 1 heterocycles. The lowest BCUT2D eigenvalue weighted by molar-refractivity contribution is -0.385. The number of rotatable bonds is 5. The largest absolute Gasteiger partial charge is 0.332 e. The predicted molar refractivity (Wildman–Crippen MR) is 130 cm³/mol. The first kappa shape index (κ1) is 22.0. The lowest BCUT2D eigenvalue weighted by Gasteiger charge is -2.11. The van der Waals surface area contributed by atoms with E-state index in [0.717, 1.165) is 12.1 Å². The zero-order valence-electron chi connectivity index (χ0n) is 17.9. The van der Waals surface area contributed by atoms with Gasteiger partial charge in [-0.2, -0.15) is 4.80 Å². The van der Waals surface area contributed by atoms with Gasteiger partial charge in [0.25, 0.3) is 11.6 Å². The number of amides is 1. The normalized spacial score (nSPS) is 10.7. The van der Waals surface area contributed by atoms with Crippen molar-refractivity contribution in [2.45, 2.75) is 20.3 Å². The zero-order chi connectivity index (χ0) is 23.5. The smallest absolute Gasteiger partial charge is 0.273 e. The van der Waals surface area contributed by atoms with Gasteiger partial charge in [-0.3, -0.25) is 20.2 Å². The van der Waals surface area contributed by atoms with Crippen LogP contribution in [0.2, 0.25) is 0 Å². The molecule has 0 unspecified atom stereocenters. The van der Waals surface area contributed by atoms with Gasteiger partial charge in [0.2, 0.25) is 0 Å². The Morgan fingerprint density at radius 3 is 2.52 bits per heavy atom. The van der Waals surface area contributed by atoms with Crippen LogP contribution in [0.15, 0.2) is 60.7 Å². The maximum Gasteiger partial charge on any atom is 0.273 e. The molecule has 33 heavy (non-hydrogen) atoms. The molecule has 1 amide bonds. The number of fused-ring (bicyclic) bond motifs is 1. The Balaban J connectivity index is 1.48. The SMILES string of the molecule is CCc1ccc(-n2nc3ccc(NC(=S)NC(=O)c4cccc([N+](=O)[O-])c4C)cc3n2)cc1. The van der Waals surface area contributed by atoms with E-state index in [1.54, 1.807) is 23.0 Å². The number of hydrogen-bond acceptors (Lipinski definition) is 6. The standard InChI is InChI=1S/C23H20N6O3S/c1-3-15-7-10-17(11-8-15)28-26-19-12-9-16(13-20(19)27-28)24-23(33)25-22(30)18-5-4-6-21(14(18)2)29(31)32/h4-13H,3H2,1-2H3,(H2,24,25,30,33). The zero-order valence-corrected chi connectivity index (χ0v) is 18.7. The van der Waals surface area contributed by atoms with E-state index >= 15 is 0 Å². The molecule has 4 aromatic rings. The lowest BCUT2D eigenvalue weighted by Crippen LogP contribution is -2.34. The fraction of sp³-hybridized carbons (Fsp3) is 0.130. The summed E-state index contributed by atoms with van der Waals surface area (Å²) < 4.78 is 0. The minimum Gasteiger partial charge on any atom is -0.332 e. The molecule has 0 aliphatic rings. The molecule has 166 valence electrons. The molecule has 0 bridgehead atoms. The first-order valence-corrected chi connectivity index (χ1v) is 10.6. The Morgan fingerprint density at radius 1 is 1.09 bits per heavy atom. The van der Waals surface area contributed by atoms with Crippen LogP contribution in [0.5, 0.6) is 0 Å². The van der Waals surface area contributed by atoms with Crippen molar-refractivity contribution in [3.05, 3.63) is 87.5 Å². The Labute approximate surface area is 194 Å². The number of nitrogens with one attached hydrogen (secondary N) is 2. The molecule has 0 aliphatic heterocycles. The van der Waals surface area contributed by atoms with E-state index in [0.29, 0.717) is 16.7 Å². The summed E-state index contributed by atoms with van der Waals surface area (Å²) in [4.78, 5) is 24.7. The third-order valence-corrected chi connectivity index (χ3v) is 5.39. The van der Waals surface area contributed by atoms with Crippen LogP contribution in [0.1, 0.15) is 28.4 Å². The van der Waals surface area contributed by atoms with Gasteiger partial charge in [0, 0.05) is 22.9 Å². The highest BCUT2D eigenvalue weighted by Crippen LogP contribution is 2.21. The lowest BCUT2D eigenvalue weighted by atomic mass is 10.1. The highest BCUT2D eigenvalue weighted by molar-refractivity contribution is 7.80. The van der Waals surface area contributed by atoms with E-state index in [4.69, 9.17) is 12.2 Å². The van der Waals surface area contributed by atoms with E-state index in [-0.39, 0.29) is 21.9 Å². The molecule has 1 aromatic heterocycles. The van der Waals surface area contributed by atoms with Gasteiger partial charge in [-0.1, -0.05) is 25.1 Å². The van der Waals surface area contributed by atoms with Crippen molar-refractivity contribution in [3.8, 4) is 5.69 Å². The van der Waals surface area contributed by atoms with E-state index in [2.05, 4.69) is 27.8 Å². The van der Waals surface area contributed by atoms with Crippen molar-refractivity contribution < 1.29 is 9.72 Å². The maximum absolute atomic E-state index is 12.6. The fourth-order valence-electron chi connectivity index (χ4n) is 3.37. The summed E-state index contributed by atoms with van der Waals surface area (Å²) in [5.41, 5.74) is 4.40. The molecule has 0 fully saturated rings. The van der Waals surface area contributed by atoms with Crippen LogP contribution < -0.4 is 10.6 Å². The average Bonchev–Trinajstić information content (AvgIpc) is 3.22. The number of anilines is 1. The van der Waals surface area contributed by atoms with Crippen LogP contribution >= 0.6 is 12.2 Å². The summed E-state index contributed by atoms with van der Waals surface area (Å²) in [7, 11) is 0. The van der Waals surface area contributed by atoms with Crippen molar-refractivity contribution in [3.63, 3.8) is 0 Å². The molecule has 9 nitrogen and oxygen atoms in total. The van der Waals surface area contributed by atoms with Crippen molar-refractivity contribution in [2.75, 3.05) is 5.32 Å². The number of nitro groups is 1. The first-order chi connectivity index (χ1) is 15.9. The molecule has 0 atom stereocenters. The average molecular weight is 461 g/mol. The molecule has 0 radical (unpaired) electrons. The summed E-state index contributed by atoms with van der Waals surface area (Å²) in [5.74, 6) is -0.531. The fourth-order valence-corrected chi connectivity index (χ4v) is 3.58. The number of aromatic nitrogens is 3. The van der Waals surface area contributed by atoms with Gasteiger partial charge in [-0.15, -0.1) is 10.2 Å². The second-order valence-corrected chi connectivity index (χ2v) is 7.74. The summed E-state index contributed by atoms with van der Waals surface area (Å²) >= 11 is 5.25. The van der Waals surface area contributed by atoms with Gasteiger partial charge in [-0.25, -0.2) is 0 Å². The third-order valence-electron chi connectivity index (χ3n) is 5.19. The Bertz CT molecular complexity index is 1380. The highest BCUT2D eigenvalue weighted by atomic mass is 32.1. The number of benzene rings is 3. The molecular formula is C23H20N6O3S. The monoisotopic (exact) mass is 460 g/mol. The number of thiocarbonyl (C=S) groups is 1. The molecule has 0 spiro atoms. The first-order valence-electron chi connectivity index (χ1n) is 10.2. The summed E-state index contributed by atoms with van der Waals surface area (Å²) in [6.45, 7) is 3.62. The predicted octanol–water partition coefficient (Wildman–Crippen LogP) is 4.33. The highest BCUT2D eigenvalue weighted by Gasteiger charge is 2.18. The van der Waals surface area contributed by atoms with Gasteiger partial charge < -0.3 is 5.32 Å². The van der Waals surface area contributed by atoms with Crippen LogP contribution in [0.25, 0.3) is 16.7 Å². The van der Waals surface area contributed by atoms with Gasteiger partial charge in [0.1, 0.15) is 11.0 Å². The van der Waals surface area contributed by atoms with Crippen LogP contribution in [0, 0.1) is 17.0 Å². The minimum absolute atomic E-state index is 0.0628. The molecule has 0 saturated carbocycles. The van der Waals surface area contributed by atoms with Gasteiger partial charge in [0.05, 0.1) is 10.6 Å². The van der Waals surface area contributed by atoms with Gasteiger partial charge in [-0.05, 0) is 67.5 Å². The van der Waals surface area contributed by atoms with Crippen molar-refractivity contribution in [1.29, 1.82) is 0 Å². The van der Waals surface area contributed by atoms with E-state index in [9.17, 15) is 14.9 Å². The van der Waals surface area contributed by atoms with Crippen molar-refractivity contribution >= 4 is 45.6 Å². The van der Waals surface area contributed by atoms with Crippen LogP contribution in [-0.4, -0.2) is 30.9 Å². The molecule has 3 aromatic carbocycles. The number of carbonyl (C=O) groups is 1. The topological polar surface area (TPSA) is 115 Å². The Hall–Kier alpha value is -4.18. The summed E-state index contributed by atoms with van der Waals surface area (Å²) in [5, 5.41) is 25.7. The van der Waals surface area contributed by atoms with Gasteiger partial charge in [0.15, 0.2) is 5.11 Å². The Kier molecular flexibility index (Phi) is 6.09. The van der Waals surface area contributed by atoms with E-state index in [1.807, 2.05) is 24.3 Å². The molecular weight excluding hydrogens is 440 g/mol. The van der Waals surface area contributed by atoms with Crippen molar-refractivity contribution in [2.24, 2.45) is 0 Å². The quantitative estimate of drug-likeness (QED) is 0.259. The molecule has 2 N–H and O–H groups in total. The van der Waals surface area contributed by atoms with E-state index < -0.39 is 10.8 Å². The molecule has 0 aliphatic carbocycles. The second-order valence-electron chi connectivity index (χ2n) is 7.33. The third kappa shape index (κ3) is 4.70. The number of nitro benzene ring substituents is 1. The van der Waals surface area contributed by atoms with Crippen LogP contribution in [0.4, 0.5) is 11.4 Å². The van der Waals surface area contributed by atoms with Crippen molar-refractivity contribution in [1.82, 2.24) is 20.3 Å². The summed E-state index contributed by atoms with van der Waals surface area (Å²) in [6, 6.07) is 17.7. The number of hydrogen-bond donors (Lipinski definition) is 2. The second kappa shape index (κ2) is 9.13. The van der Waals surface area contributed by atoms with Gasteiger partial charge >= 0.3 is 0 Å². The molecule has 10 heteroatoms. The minimum atomic E-state index is -0.531. The molecule has 4 rings (SSSR count). The number of aryl methyl sites for hydroxylation is 1. The van der Waals surface area contributed by atoms with Crippen LogP contribution in [-0.2, 0) is 6.42 Å². The van der Waals surface area contributed by atoms with E-state index in [1.165, 1.54) is 30.7 Å². The Morgan fingerprint density at radius 2 is 1.82 bits per heavy atom. The molecule has 0 saturated heterocycles. The summed E-state index contributed by atoms with van der Waals surface area (Å²) in [6.07, 6.45) is 0.959. The number of nitrogens with zero attached hydrogens (tertiary/aromatic N) is 4. The van der Waals surface area contributed by atoms with Crippen LogP contribution in [0.3, 0.4) is 0 Å². The maximum atomic E-state index is 12.6. The number of carbonyl (C=O) groups excluding carboxylic acids is 1.